The molecule has 0 radical (unpaired) electrons. The number of hydrogen-bond acceptors (Lipinski definition) is 6. The number of anilines is 2. The largest absolute Gasteiger partial charge is 0.497 e. The van der Waals surface area contributed by atoms with Crippen molar-refractivity contribution in [3.63, 3.8) is 0 Å². The summed E-state index contributed by atoms with van der Waals surface area (Å²) in [6.45, 7) is 2.48. The Labute approximate surface area is 130 Å². The minimum atomic E-state index is 0.241. The fourth-order valence-electron chi connectivity index (χ4n) is 2.53. The van der Waals surface area contributed by atoms with Crippen molar-refractivity contribution in [2.24, 2.45) is 5.73 Å². The molecule has 1 unspecified atom stereocenters. The highest BCUT2D eigenvalue weighted by Crippen LogP contribution is 2.18. The highest BCUT2D eigenvalue weighted by Gasteiger charge is 2.20. The molecular formula is C16H21N5O. The number of benzene rings is 1. The molecule has 0 spiro atoms. The van der Waals surface area contributed by atoms with Gasteiger partial charge in [-0.15, -0.1) is 0 Å². The maximum absolute atomic E-state index is 5.95. The van der Waals surface area contributed by atoms with Crippen LogP contribution in [0.3, 0.4) is 0 Å². The van der Waals surface area contributed by atoms with E-state index in [4.69, 9.17) is 10.5 Å². The van der Waals surface area contributed by atoms with E-state index in [1.807, 2.05) is 30.3 Å². The summed E-state index contributed by atoms with van der Waals surface area (Å²) >= 11 is 0. The van der Waals surface area contributed by atoms with Gasteiger partial charge in [0.15, 0.2) is 0 Å². The first-order valence-electron chi connectivity index (χ1n) is 7.45. The Morgan fingerprint density at radius 2 is 2.14 bits per heavy atom. The van der Waals surface area contributed by atoms with E-state index < -0.39 is 0 Å². The molecule has 3 N–H and O–H groups in total. The molecule has 1 aliphatic heterocycles. The van der Waals surface area contributed by atoms with Crippen LogP contribution in [0.1, 0.15) is 12.0 Å². The van der Waals surface area contributed by atoms with Crippen LogP contribution in [0.15, 0.2) is 36.5 Å². The molecule has 2 aromatic rings. The molecule has 1 aromatic carbocycles. The van der Waals surface area contributed by atoms with Gasteiger partial charge in [-0.1, -0.05) is 12.1 Å². The van der Waals surface area contributed by atoms with Gasteiger partial charge in [-0.3, -0.25) is 0 Å². The van der Waals surface area contributed by atoms with Gasteiger partial charge in [0.1, 0.15) is 11.6 Å². The van der Waals surface area contributed by atoms with Crippen molar-refractivity contribution in [2.75, 3.05) is 30.4 Å². The molecule has 0 aliphatic carbocycles. The van der Waals surface area contributed by atoms with Gasteiger partial charge >= 0.3 is 0 Å². The normalized spacial score (nSPS) is 17.5. The highest BCUT2D eigenvalue weighted by molar-refractivity contribution is 5.44. The molecule has 22 heavy (non-hydrogen) atoms. The zero-order valence-corrected chi connectivity index (χ0v) is 12.7. The standard InChI is InChI=1S/C16H21N5O/c1-22-14-4-2-12(3-5-14)10-19-16-18-8-6-15(20-16)21-9-7-13(17)11-21/h2-6,8,13H,7,9-11,17H2,1H3,(H,18,19,20). The van der Waals surface area contributed by atoms with Gasteiger partial charge in [0.05, 0.1) is 7.11 Å². The van der Waals surface area contributed by atoms with Gasteiger partial charge in [0.2, 0.25) is 5.95 Å². The lowest BCUT2D eigenvalue weighted by Crippen LogP contribution is -2.27. The zero-order chi connectivity index (χ0) is 15.4. The van der Waals surface area contributed by atoms with Crippen LogP contribution in [-0.4, -0.2) is 36.2 Å². The summed E-state index contributed by atoms with van der Waals surface area (Å²) in [7, 11) is 1.66. The Morgan fingerprint density at radius 1 is 1.32 bits per heavy atom. The van der Waals surface area contributed by atoms with Crippen LogP contribution in [0, 0.1) is 0 Å². The SMILES string of the molecule is COc1ccc(CNc2nccc(N3CCC(N)C3)n2)cc1. The van der Waals surface area contributed by atoms with E-state index in [1.54, 1.807) is 13.3 Å². The molecule has 1 fully saturated rings. The maximum atomic E-state index is 5.95. The summed E-state index contributed by atoms with van der Waals surface area (Å²) in [6, 6.07) is 10.1. The molecule has 0 amide bonds. The molecule has 0 bridgehead atoms. The van der Waals surface area contributed by atoms with E-state index >= 15 is 0 Å². The van der Waals surface area contributed by atoms with Crippen LogP contribution in [0.4, 0.5) is 11.8 Å². The molecule has 2 heterocycles. The lowest BCUT2D eigenvalue weighted by Gasteiger charge is -2.17. The summed E-state index contributed by atoms with van der Waals surface area (Å²) in [5, 5.41) is 3.25. The highest BCUT2D eigenvalue weighted by atomic mass is 16.5. The van der Waals surface area contributed by atoms with Gasteiger partial charge in [-0.05, 0) is 30.2 Å². The smallest absolute Gasteiger partial charge is 0.224 e. The quantitative estimate of drug-likeness (QED) is 0.874. The third-order valence-electron chi connectivity index (χ3n) is 3.80. The molecular weight excluding hydrogens is 278 g/mol. The number of hydrogen-bond donors (Lipinski definition) is 2. The summed E-state index contributed by atoms with van der Waals surface area (Å²) < 4.78 is 5.15. The maximum Gasteiger partial charge on any atom is 0.224 e. The number of nitrogens with two attached hydrogens (primary N) is 1. The minimum Gasteiger partial charge on any atom is -0.497 e. The van der Waals surface area contributed by atoms with Crippen LogP contribution >= 0.6 is 0 Å². The van der Waals surface area contributed by atoms with E-state index in [1.165, 1.54) is 0 Å². The topological polar surface area (TPSA) is 76.3 Å². The molecule has 1 saturated heterocycles. The van der Waals surface area contributed by atoms with Crippen molar-refractivity contribution in [1.82, 2.24) is 9.97 Å². The predicted octanol–water partition coefficient (Wildman–Crippen LogP) is 1.63. The van der Waals surface area contributed by atoms with Crippen LogP contribution in [0.25, 0.3) is 0 Å². The molecule has 1 atom stereocenters. The third kappa shape index (κ3) is 3.46. The first kappa shape index (κ1) is 14.6. The Balaban J connectivity index is 1.62. The van der Waals surface area contributed by atoms with Crippen LogP contribution in [-0.2, 0) is 6.54 Å². The van der Waals surface area contributed by atoms with Gasteiger partial charge in [-0.25, -0.2) is 4.98 Å². The Bertz CT molecular complexity index is 616. The van der Waals surface area contributed by atoms with Crippen molar-refractivity contribution in [3.05, 3.63) is 42.1 Å². The van der Waals surface area contributed by atoms with Gasteiger partial charge in [-0.2, -0.15) is 4.98 Å². The summed E-state index contributed by atoms with van der Waals surface area (Å²) in [4.78, 5) is 11.0. The molecule has 3 rings (SSSR count). The minimum absolute atomic E-state index is 0.241. The molecule has 1 aromatic heterocycles. The number of rotatable bonds is 5. The third-order valence-corrected chi connectivity index (χ3v) is 3.80. The van der Waals surface area contributed by atoms with E-state index in [0.29, 0.717) is 12.5 Å². The monoisotopic (exact) mass is 299 g/mol. The Kier molecular flexibility index (Phi) is 4.39. The number of ether oxygens (including phenoxy) is 1. The number of nitrogens with zero attached hydrogens (tertiary/aromatic N) is 3. The molecule has 1 aliphatic rings. The van der Waals surface area contributed by atoms with E-state index in [-0.39, 0.29) is 6.04 Å². The number of nitrogens with one attached hydrogen (secondary N) is 1. The summed E-state index contributed by atoms with van der Waals surface area (Å²) in [5.74, 6) is 2.42. The lowest BCUT2D eigenvalue weighted by molar-refractivity contribution is 0.414. The Hall–Kier alpha value is -2.34. The van der Waals surface area contributed by atoms with Crippen LogP contribution in [0.5, 0.6) is 5.75 Å². The van der Waals surface area contributed by atoms with Crippen molar-refractivity contribution >= 4 is 11.8 Å². The fraction of sp³-hybridized carbons (Fsp3) is 0.375. The molecule has 6 nitrogen and oxygen atoms in total. The van der Waals surface area contributed by atoms with E-state index in [0.717, 1.165) is 36.6 Å². The average molecular weight is 299 g/mol. The van der Waals surface area contributed by atoms with E-state index in [2.05, 4.69) is 20.2 Å². The van der Waals surface area contributed by atoms with E-state index in [9.17, 15) is 0 Å². The summed E-state index contributed by atoms with van der Waals surface area (Å²) in [5.41, 5.74) is 7.10. The Morgan fingerprint density at radius 3 is 2.82 bits per heavy atom. The van der Waals surface area contributed by atoms with Crippen molar-refractivity contribution in [2.45, 2.75) is 19.0 Å². The van der Waals surface area contributed by atoms with Crippen molar-refractivity contribution < 1.29 is 4.74 Å². The fourth-order valence-corrected chi connectivity index (χ4v) is 2.53. The lowest BCUT2D eigenvalue weighted by atomic mass is 10.2. The first-order chi connectivity index (χ1) is 10.7. The molecule has 116 valence electrons. The number of aromatic nitrogens is 2. The second-order valence-corrected chi connectivity index (χ2v) is 5.43. The predicted molar refractivity (Wildman–Crippen MR) is 87.2 cm³/mol. The second-order valence-electron chi connectivity index (χ2n) is 5.43. The average Bonchev–Trinajstić information content (AvgIpc) is 3.00. The zero-order valence-electron chi connectivity index (χ0n) is 12.7. The van der Waals surface area contributed by atoms with Gasteiger partial charge in [0.25, 0.3) is 0 Å². The van der Waals surface area contributed by atoms with Gasteiger partial charge in [0, 0.05) is 31.9 Å². The second kappa shape index (κ2) is 6.62. The number of methoxy groups -OCH3 is 1. The molecule has 0 saturated carbocycles. The summed E-state index contributed by atoms with van der Waals surface area (Å²) in [6.07, 6.45) is 2.79. The molecule has 6 heteroatoms. The van der Waals surface area contributed by atoms with Gasteiger partial charge < -0.3 is 20.7 Å². The van der Waals surface area contributed by atoms with Crippen LogP contribution in [0.2, 0.25) is 0 Å². The van der Waals surface area contributed by atoms with Crippen molar-refractivity contribution in [3.8, 4) is 5.75 Å². The van der Waals surface area contributed by atoms with Crippen LogP contribution < -0.4 is 20.7 Å². The van der Waals surface area contributed by atoms with Crippen molar-refractivity contribution in [1.29, 1.82) is 0 Å². The first-order valence-corrected chi connectivity index (χ1v) is 7.45.